The maximum atomic E-state index is 12.3. The third-order valence-electron chi connectivity index (χ3n) is 3.03. The fraction of sp³-hybridized carbons (Fsp3) is 0.0625. The van der Waals surface area contributed by atoms with Crippen molar-refractivity contribution in [3.63, 3.8) is 0 Å². The van der Waals surface area contributed by atoms with Crippen LogP contribution in [-0.4, -0.2) is 28.9 Å². The molecular weight excluding hydrogens is 298 g/mol. The standard InChI is InChI=1S/C16H15N3O2S/c1-19(16(22)11-7-3-2-4-8-11)18-15(21)13-10-6-5-9-12(13)14(17)20/h2-10H,1H3,(H2,17,20)(H,18,21). The van der Waals surface area contributed by atoms with E-state index >= 15 is 0 Å². The second-order valence-corrected chi connectivity index (χ2v) is 4.97. The second-order valence-electron chi connectivity index (χ2n) is 4.58. The molecule has 3 N–H and O–H groups in total. The van der Waals surface area contributed by atoms with Crippen LogP contribution in [-0.2, 0) is 0 Å². The number of hydrogen-bond donors (Lipinski definition) is 2. The first-order valence-electron chi connectivity index (χ1n) is 6.53. The Bertz CT molecular complexity index is 716. The van der Waals surface area contributed by atoms with Crippen LogP contribution in [0.4, 0.5) is 0 Å². The van der Waals surface area contributed by atoms with Crippen molar-refractivity contribution in [2.75, 3.05) is 7.05 Å². The number of thiocarbonyl (C=S) groups is 1. The van der Waals surface area contributed by atoms with Crippen LogP contribution in [0.3, 0.4) is 0 Å². The van der Waals surface area contributed by atoms with Gasteiger partial charge >= 0.3 is 0 Å². The zero-order valence-corrected chi connectivity index (χ0v) is 12.8. The molecule has 0 unspecified atom stereocenters. The molecule has 0 radical (unpaired) electrons. The molecule has 2 aromatic rings. The van der Waals surface area contributed by atoms with Gasteiger partial charge in [-0.1, -0.05) is 54.7 Å². The zero-order chi connectivity index (χ0) is 16.1. The number of nitrogens with one attached hydrogen (secondary N) is 1. The lowest BCUT2D eigenvalue weighted by molar-refractivity contribution is 0.0879. The van der Waals surface area contributed by atoms with Crippen LogP contribution in [0.1, 0.15) is 26.3 Å². The molecule has 0 atom stereocenters. The van der Waals surface area contributed by atoms with E-state index in [1.54, 1.807) is 19.2 Å². The van der Waals surface area contributed by atoms with Gasteiger partial charge < -0.3 is 5.73 Å². The van der Waals surface area contributed by atoms with Crippen LogP contribution in [0.15, 0.2) is 54.6 Å². The molecule has 0 saturated carbocycles. The summed E-state index contributed by atoms with van der Waals surface area (Å²) in [6, 6.07) is 15.7. The maximum Gasteiger partial charge on any atom is 0.270 e. The number of nitrogens with two attached hydrogens (primary N) is 1. The molecule has 6 heteroatoms. The minimum Gasteiger partial charge on any atom is -0.366 e. The summed E-state index contributed by atoms with van der Waals surface area (Å²) in [7, 11) is 1.64. The Kier molecular flexibility index (Phi) is 4.85. The molecular formula is C16H15N3O2S. The van der Waals surface area contributed by atoms with E-state index in [0.717, 1.165) is 5.56 Å². The average Bonchev–Trinajstić information content (AvgIpc) is 2.54. The summed E-state index contributed by atoms with van der Waals surface area (Å²) in [6.45, 7) is 0. The van der Waals surface area contributed by atoms with Crippen molar-refractivity contribution in [1.29, 1.82) is 0 Å². The van der Waals surface area contributed by atoms with Crippen molar-refractivity contribution in [3.05, 3.63) is 71.3 Å². The number of amides is 2. The van der Waals surface area contributed by atoms with Crippen LogP contribution in [0, 0.1) is 0 Å². The smallest absolute Gasteiger partial charge is 0.270 e. The molecule has 0 aliphatic rings. The van der Waals surface area contributed by atoms with E-state index in [1.165, 1.54) is 17.1 Å². The fourth-order valence-electron chi connectivity index (χ4n) is 1.93. The van der Waals surface area contributed by atoms with Gasteiger partial charge in [-0.15, -0.1) is 0 Å². The zero-order valence-electron chi connectivity index (χ0n) is 11.9. The molecule has 2 rings (SSSR count). The normalized spacial score (nSPS) is 9.86. The Balaban J connectivity index is 2.16. The van der Waals surface area contributed by atoms with E-state index in [4.69, 9.17) is 18.0 Å². The van der Waals surface area contributed by atoms with Gasteiger partial charge in [-0.25, -0.2) is 0 Å². The van der Waals surface area contributed by atoms with Crippen molar-refractivity contribution in [2.24, 2.45) is 5.73 Å². The minimum atomic E-state index is -0.654. The molecule has 5 nitrogen and oxygen atoms in total. The van der Waals surface area contributed by atoms with Gasteiger partial charge in [0.05, 0.1) is 11.1 Å². The molecule has 0 fully saturated rings. The maximum absolute atomic E-state index is 12.3. The van der Waals surface area contributed by atoms with E-state index in [0.29, 0.717) is 4.99 Å². The van der Waals surface area contributed by atoms with Crippen molar-refractivity contribution in [2.45, 2.75) is 0 Å². The van der Waals surface area contributed by atoms with Crippen molar-refractivity contribution in [3.8, 4) is 0 Å². The number of carbonyl (C=O) groups excluding carboxylic acids is 2. The predicted molar refractivity (Wildman–Crippen MR) is 88.3 cm³/mol. The van der Waals surface area contributed by atoms with Crippen LogP contribution >= 0.6 is 12.2 Å². The van der Waals surface area contributed by atoms with Gasteiger partial charge in [0.2, 0.25) is 5.91 Å². The fourth-order valence-corrected chi connectivity index (χ4v) is 2.12. The topological polar surface area (TPSA) is 75.4 Å². The van der Waals surface area contributed by atoms with E-state index in [2.05, 4.69) is 5.43 Å². The predicted octanol–water partition coefficient (Wildman–Crippen LogP) is 1.74. The highest BCUT2D eigenvalue weighted by Gasteiger charge is 2.17. The highest BCUT2D eigenvalue weighted by molar-refractivity contribution is 7.80. The van der Waals surface area contributed by atoms with Crippen LogP contribution in [0.25, 0.3) is 0 Å². The molecule has 0 aromatic heterocycles. The van der Waals surface area contributed by atoms with Crippen molar-refractivity contribution in [1.82, 2.24) is 10.4 Å². The molecule has 0 aliphatic heterocycles. The molecule has 112 valence electrons. The van der Waals surface area contributed by atoms with Gasteiger partial charge in [0.15, 0.2) is 0 Å². The monoisotopic (exact) mass is 313 g/mol. The lowest BCUT2D eigenvalue weighted by atomic mass is 10.1. The quantitative estimate of drug-likeness (QED) is 0.668. The van der Waals surface area contributed by atoms with Crippen LogP contribution in [0.2, 0.25) is 0 Å². The molecule has 22 heavy (non-hydrogen) atoms. The molecule has 0 bridgehead atoms. The highest BCUT2D eigenvalue weighted by atomic mass is 32.1. The summed E-state index contributed by atoms with van der Waals surface area (Å²) in [6.07, 6.45) is 0. The first-order valence-corrected chi connectivity index (χ1v) is 6.94. The number of hydrazine groups is 1. The Morgan fingerprint density at radius 1 is 1.00 bits per heavy atom. The molecule has 0 saturated heterocycles. The Morgan fingerprint density at radius 2 is 1.55 bits per heavy atom. The van der Waals surface area contributed by atoms with Gasteiger partial charge in [-0.2, -0.15) is 0 Å². The number of carbonyl (C=O) groups is 2. The molecule has 0 spiro atoms. The molecule has 2 aromatic carbocycles. The van der Waals surface area contributed by atoms with E-state index in [9.17, 15) is 9.59 Å². The molecule has 2 amide bonds. The average molecular weight is 313 g/mol. The SMILES string of the molecule is CN(NC(=O)c1ccccc1C(N)=O)C(=S)c1ccccc1. The number of nitrogens with zero attached hydrogens (tertiary/aromatic N) is 1. The first kappa shape index (κ1) is 15.7. The van der Waals surface area contributed by atoms with Crippen molar-refractivity contribution >= 4 is 29.0 Å². The van der Waals surface area contributed by atoms with E-state index in [-0.39, 0.29) is 11.1 Å². The van der Waals surface area contributed by atoms with Gasteiger partial charge in [0.25, 0.3) is 5.91 Å². The first-order chi connectivity index (χ1) is 10.5. The van der Waals surface area contributed by atoms with Gasteiger partial charge in [0.1, 0.15) is 4.99 Å². The summed E-state index contributed by atoms with van der Waals surface area (Å²) < 4.78 is 0. The minimum absolute atomic E-state index is 0.166. The number of hydrogen-bond acceptors (Lipinski definition) is 3. The van der Waals surface area contributed by atoms with Crippen molar-refractivity contribution < 1.29 is 9.59 Å². The lowest BCUT2D eigenvalue weighted by Crippen LogP contribution is -2.43. The summed E-state index contributed by atoms with van der Waals surface area (Å²) >= 11 is 5.32. The van der Waals surface area contributed by atoms with E-state index in [1.807, 2.05) is 30.3 Å². The lowest BCUT2D eigenvalue weighted by Gasteiger charge is -2.21. The Morgan fingerprint density at radius 3 is 2.14 bits per heavy atom. The van der Waals surface area contributed by atoms with Crippen LogP contribution in [0.5, 0.6) is 0 Å². The third-order valence-corrected chi connectivity index (χ3v) is 3.54. The summed E-state index contributed by atoms with van der Waals surface area (Å²) in [5.41, 5.74) is 9.09. The summed E-state index contributed by atoms with van der Waals surface area (Å²) in [5.74, 6) is -1.10. The largest absolute Gasteiger partial charge is 0.366 e. The van der Waals surface area contributed by atoms with Gasteiger partial charge in [-0.05, 0) is 12.1 Å². The Labute approximate surface area is 133 Å². The molecule has 0 aliphatic carbocycles. The Hall–Kier alpha value is -2.73. The number of rotatable bonds is 3. The van der Waals surface area contributed by atoms with Gasteiger partial charge in [-0.3, -0.25) is 20.0 Å². The van der Waals surface area contributed by atoms with E-state index < -0.39 is 11.8 Å². The second kappa shape index (κ2) is 6.82. The number of benzene rings is 2. The van der Waals surface area contributed by atoms with Crippen LogP contribution < -0.4 is 11.2 Å². The molecule has 0 heterocycles. The summed E-state index contributed by atoms with van der Waals surface area (Å²) in [5, 5.41) is 1.44. The highest BCUT2D eigenvalue weighted by Crippen LogP contribution is 2.09. The summed E-state index contributed by atoms with van der Waals surface area (Å²) in [4.78, 5) is 24.1. The third kappa shape index (κ3) is 3.48. The number of primary amides is 1. The van der Waals surface area contributed by atoms with Gasteiger partial charge in [0, 0.05) is 12.6 Å².